The molecule has 14 heteroatoms. The van der Waals surface area contributed by atoms with E-state index in [4.69, 9.17) is 17.2 Å². The molecule has 0 radical (unpaired) electrons. The maximum atomic E-state index is 13.0. The minimum Gasteiger partial charge on any atom is -0.480 e. The third kappa shape index (κ3) is 11.2. The van der Waals surface area contributed by atoms with Crippen LogP contribution in [0.25, 0.3) is 0 Å². The second kappa shape index (κ2) is 15.4. The van der Waals surface area contributed by atoms with Crippen LogP contribution in [0.1, 0.15) is 31.2 Å². The number of carbonyl (C=O) groups excluding carboxylic acids is 5. The summed E-state index contributed by atoms with van der Waals surface area (Å²) in [5, 5.41) is 16.6. The second-order valence-electron chi connectivity index (χ2n) is 8.01. The van der Waals surface area contributed by atoms with E-state index < -0.39 is 59.7 Å². The van der Waals surface area contributed by atoms with Gasteiger partial charge < -0.3 is 38.3 Å². The average Bonchev–Trinajstić information content (AvgIpc) is 2.82. The van der Waals surface area contributed by atoms with Crippen molar-refractivity contribution in [2.24, 2.45) is 17.2 Å². The Hall–Kier alpha value is -3.65. The number of benzene rings is 1. The van der Waals surface area contributed by atoms with Crippen molar-refractivity contribution in [2.75, 3.05) is 5.75 Å². The number of carbonyl (C=O) groups is 6. The van der Waals surface area contributed by atoms with Crippen LogP contribution in [0.4, 0.5) is 0 Å². The Balaban J connectivity index is 2.98. The number of nitrogens with one attached hydrogen (secondary N) is 3. The standard InChI is InChI=1S/C22H32N6O7S/c23-13(6-8-17(24)29)19(31)28-16(11-36)21(33)27-15(10-12-4-2-1-3-5-12)20(32)26-14(22(34)35)7-9-18(25)30/h1-5,13-16,36H,6-11,23H2,(H2,24,29)(H2,25,30)(H,26,32)(H,27,33)(H,28,31)(H,34,35). The van der Waals surface area contributed by atoms with Gasteiger partial charge in [-0.2, -0.15) is 12.6 Å². The quantitative estimate of drug-likeness (QED) is 0.108. The molecule has 0 aliphatic heterocycles. The number of hydrogen-bond acceptors (Lipinski definition) is 8. The minimum atomic E-state index is -1.41. The lowest BCUT2D eigenvalue weighted by molar-refractivity contribution is -0.142. The van der Waals surface area contributed by atoms with Gasteiger partial charge in [-0.25, -0.2) is 4.79 Å². The Morgan fingerprint density at radius 3 is 1.81 bits per heavy atom. The number of amides is 5. The Kier molecular flexibility index (Phi) is 13.0. The van der Waals surface area contributed by atoms with Crippen LogP contribution in [0.2, 0.25) is 0 Å². The van der Waals surface area contributed by atoms with E-state index in [2.05, 4.69) is 28.6 Å². The van der Waals surface area contributed by atoms with E-state index in [1.807, 2.05) is 0 Å². The van der Waals surface area contributed by atoms with Gasteiger partial charge in [0.15, 0.2) is 0 Å². The van der Waals surface area contributed by atoms with E-state index >= 15 is 0 Å². The van der Waals surface area contributed by atoms with E-state index in [-0.39, 0.29) is 37.9 Å². The summed E-state index contributed by atoms with van der Waals surface area (Å²) in [5.74, 6) is -5.17. The van der Waals surface area contributed by atoms with Crippen LogP contribution in [0.3, 0.4) is 0 Å². The number of carboxylic acids is 1. The molecular weight excluding hydrogens is 492 g/mol. The van der Waals surface area contributed by atoms with Gasteiger partial charge in [0.25, 0.3) is 0 Å². The van der Waals surface area contributed by atoms with Gasteiger partial charge in [-0.15, -0.1) is 0 Å². The van der Waals surface area contributed by atoms with E-state index in [9.17, 15) is 33.9 Å². The van der Waals surface area contributed by atoms with Crippen molar-refractivity contribution in [1.82, 2.24) is 16.0 Å². The molecule has 4 unspecified atom stereocenters. The van der Waals surface area contributed by atoms with E-state index in [0.29, 0.717) is 5.56 Å². The molecule has 0 spiro atoms. The Labute approximate surface area is 213 Å². The lowest BCUT2D eigenvalue weighted by atomic mass is 10.0. The van der Waals surface area contributed by atoms with Gasteiger partial charge in [0.1, 0.15) is 18.1 Å². The zero-order valence-electron chi connectivity index (χ0n) is 19.5. The van der Waals surface area contributed by atoms with Crippen molar-refractivity contribution in [2.45, 2.75) is 56.3 Å². The van der Waals surface area contributed by atoms with Gasteiger partial charge in [-0.1, -0.05) is 30.3 Å². The Morgan fingerprint density at radius 1 is 0.778 bits per heavy atom. The molecule has 0 aromatic heterocycles. The summed E-state index contributed by atoms with van der Waals surface area (Å²) < 4.78 is 0. The number of hydrogen-bond donors (Lipinski definition) is 8. The monoisotopic (exact) mass is 524 g/mol. The number of aliphatic carboxylic acids is 1. The molecule has 4 atom stereocenters. The number of nitrogens with two attached hydrogens (primary N) is 3. The van der Waals surface area contributed by atoms with Crippen LogP contribution in [0.15, 0.2) is 30.3 Å². The van der Waals surface area contributed by atoms with Gasteiger partial charge in [0.05, 0.1) is 6.04 Å². The summed E-state index contributed by atoms with van der Waals surface area (Å²) in [4.78, 5) is 71.6. The lowest BCUT2D eigenvalue weighted by Crippen LogP contribution is -2.58. The first kappa shape index (κ1) is 30.4. The van der Waals surface area contributed by atoms with Crippen LogP contribution in [0, 0.1) is 0 Å². The molecule has 0 fully saturated rings. The Morgan fingerprint density at radius 2 is 1.28 bits per heavy atom. The molecule has 198 valence electrons. The summed E-state index contributed by atoms with van der Waals surface area (Å²) in [5.41, 5.74) is 16.5. The van der Waals surface area contributed by atoms with E-state index in [1.54, 1.807) is 30.3 Å². The van der Waals surface area contributed by atoms with Gasteiger partial charge in [-0.3, -0.25) is 24.0 Å². The Bertz CT molecular complexity index is 946. The molecule has 0 saturated carbocycles. The van der Waals surface area contributed by atoms with Crippen molar-refractivity contribution >= 4 is 48.1 Å². The van der Waals surface area contributed by atoms with Crippen LogP contribution < -0.4 is 33.2 Å². The molecule has 0 heterocycles. The maximum absolute atomic E-state index is 13.0. The first-order valence-electron chi connectivity index (χ1n) is 11.1. The van der Waals surface area contributed by atoms with Crippen LogP contribution in [-0.4, -0.2) is 70.5 Å². The molecule has 1 aromatic rings. The molecular formula is C22H32N6O7S. The molecule has 0 aliphatic carbocycles. The summed E-state index contributed by atoms with van der Waals surface area (Å²) in [7, 11) is 0. The fourth-order valence-electron chi connectivity index (χ4n) is 3.05. The number of thiol groups is 1. The third-order valence-corrected chi connectivity index (χ3v) is 5.43. The summed E-state index contributed by atoms with van der Waals surface area (Å²) in [6.45, 7) is 0. The summed E-state index contributed by atoms with van der Waals surface area (Å²) >= 11 is 4.07. The minimum absolute atomic E-state index is 0.00589. The van der Waals surface area contributed by atoms with Crippen molar-refractivity contribution in [1.29, 1.82) is 0 Å². The molecule has 0 saturated heterocycles. The fourth-order valence-corrected chi connectivity index (χ4v) is 3.31. The number of rotatable bonds is 16. The summed E-state index contributed by atoms with van der Waals surface area (Å²) in [6.07, 6.45) is -0.640. The molecule has 13 nitrogen and oxygen atoms in total. The van der Waals surface area contributed by atoms with Gasteiger partial charge in [-0.05, 0) is 18.4 Å². The molecule has 0 bridgehead atoms. The molecule has 5 amide bonds. The van der Waals surface area contributed by atoms with Crippen LogP contribution in [0.5, 0.6) is 0 Å². The molecule has 1 rings (SSSR count). The first-order valence-corrected chi connectivity index (χ1v) is 11.7. The maximum Gasteiger partial charge on any atom is 0.326 e. The second-order valence-corrected chi connectivity index (χ2v) is 8.38. The SMILES string of the molecule is NC(=O)CCC(N)C(=O)NC(CS)C(=O)NC(Cc1ccccc1)C(=O)NC(CCC(N)=O)C(=O)O. The molecule has 1 aromatic carbocycles. The van der Waals surface area contributed by atoms with Crippen LogP contribution in [-0.2, 0) is 35.2 Å². The first-order chi connectivity index (χ1) is 16.9. The van der Waals surface area contributed by atoms with Gasteiger partial charge >= 0.3 is 5.97 Å². The largest absolute Gasteiger partial charge is 0.480 e. The topological polar surface area (TPSA) is 237 Å². The number of primary amides is 2. The average molecular weight is 525 g/mol. The smallest absolute Gasteiger partial charge is 0.326 e. The van der Waals surface area contributed by atoms with Gasteiger partial charge in [0, 0.05) is 25.0 Å². The fraction of sp³-hybridized carbons (Fsp3) is 0.455. The van der Waals surface area contributed by atoms with Crippen molar-refractivity contribution in [3.05, 3.63) is 35.9 Å². The van der Waals surface area contributed by atoms with Gasteiger partial charge in [0.2, 0.25) is 29.5 Å². The normalized spacial score (nSPS) is 13.9. The van der Waals surface area contributed by atoms with E-state index in [0.717, 1.165) is 0 Å². The van der Waals surface area contributed by atoms with E-state index in [1.165, 1.54) is 0 Å². The highest BCUT2D eigenvalue weighted by molar-refractivity contribution is 7.80. The summed E-state index contributed by atoms with van der Waals surface area (Å²) in [6, 6.07) is 3.71. The van der Waals surface area contributed by atoms with Crippen molar-refractivity contribution < 1.29 is 33.9 Å². The number of carboxylic acid groups (broad SMARTS) is 1. The van der Waals surface area contributed by atoms with Crippen LogP contribution >= 0.6 is 12.6 Å². The zero-order chi connectivity index (χ0) is 27.3. The molecule has 36 heavy (non-hydrogen) atoms. The molecule has 0 aliphatic rings. The van der Waals surface area contributed by atoms with Crippen molar-refractivity contribution in [3.8, 4) is 0 Å². The molecule has 10 N–H and O–H groups in total. The predicted octanol–water partition coefficient (Wildman–Crippen LogP) is -2.44. The van der Waals surface area contributed by atoms with Crippen molar-refractivity contribution in [3.63, 3.8) is 0 Å². The highest BCUT2D eigenvalue weighted by atomic mass is 32.1. The zero-order valence-corrected chi connectivity index (χ0v) is 20.4. The third-order valence-electron chi connectivity index (χ3n) is 5.06. The highest BCUT2D eigenvalue weighted by Crippen LogP contribution is 2.06. The predicted molar refractivity (Wildman–Crippen MR) is 132 cm³/mol. The lowest BCUT2D eigenvalue weighted by Gasteiger charge is -2.24. The highest BCUT2D eigenvalue weighted by Gasteiger charge is 2.30.